The fraction of sp³-hybridized carbons (Fsp3) is 0.0455. The van der Waals surface area contributed by atoms with Gasteiger partial charge in [0.1, 0.15) is 5.75 Å². The summed E-state index contributed by atoms with van der Waals surface area (Å²) >= 11 is 3.38. The molecular weight excluding hydrogens is 432 g/mol. The molecule has 0 aliphatic carbocycles. The number of amides is 1. The number of hydrogen-bond acceptors (Lipinski definition) is 5. The molecule has 7 heteroatoms. The second-order valence-electron chi connectivity index (χ2n) is 6.22. The summed E-state index contributed by atoms with van der Waals surface area (Å²) in [5.74, 6) is 1.42. The van der Waals surface area contributed by atoms with Crippen molar-refractivity contribution in [1.29, 1.82) is 0 Å². The van der Waals surface area contributed by atoms with E-state index >= 15 is 0 Å². The van der Waals surface area contributed by atoms with Crippen LogP contribution in [0.1, 0.15) is 10.4 Å². The zero-order valence-electron chi connectivity index (χ0n) is 15.5. The lowest BCUT2D eigenvalue weighted by molar-refractivity contribution is 0.102. The highest BCUT2D eigenvalue weighted by atomic mass is 79.9. The van der Waals surface area contributed by atoms with E-state index < -0.39 is 0 Å². The summed E-state index contributed by atoms with van der Waals surface area (Å²) in [5.41, 5.74) is 1.33. The fourth-order valence-corrected chi connectivity index (χ4v) is 3.13. The van der Waals surface area contributed by atoms with Crippen molar-refractivity contribution in [3.8, 4) is 11.6 Å². The van der Waals surface area contributed by atoms with Crippen molar-refractivity contribution in [3.63, 3.8) is 0 Å². The maximum atomic E-state index is 12.6. The predicted molar refractivity (Wildman–Crippen MR) is 118 cm³/mol. The standard InChI is InChI=1S/C22H17BrN4O2/c1-24-22-25-12-11-20(27-22)29-17-9-10-18-15(13-17)3-2-4-19(18)26-21(28)14-5-7-16(23)8-6-14/h2-13H,1H3,(H,26,28)(H,24,25,27). The maximum Gasteiger partial charge on any atom is 0.255 e. The Morgan fingerprint density at radius 1 is 1.03 bits per heavy atom. The van der Waals surface area contributed by atoms with E-state index in [4.69, 9.17) is 4.74 Å². The number of ether oxygens (including phenoxy) is 1. The molecule has 6 nitrogen and oxygen atoms in total. The molecule has 144 valence electrons. The van der Waals surface area contributed by atoms with Crippen molar-refractivity contribution in [1.82, 2.24) is 9.97 Å². The molecule has 0 aliphatic heterocycles. The van der Waals surface area contributed by atoms with Crippen molar-refractivity contribution >= 4 is 44.2 Å². The number of fused-ring (bicyclic) bond motifs is 1. The molecule has 29 heavy (non-hydrogen) atoms. The third kappa shape index (κ3) is 4.35. The Kier molecular flexibility index (Phi) is 5.39. The van der Waals surface area contributed by atoms with Gasteiger partial charge in [0.2, 0.25) is 11.8 Å². The molecule has 0 bridgehead atoms. The molecule has 0 saturated carbocycles. The van der Waals surface area contributed by atoms with Gasteiger partial charge in [-0.2, -0.15) is 4.98 Å². The van der Waals surface area contributed by atoms with Gasteiger partial charge >= 0.3 is 0 Å². The van der Waals surface area contributed by atoms with Crippen LogP contribution in [-0.2, 0) is 0 Å². The van der Waals surface area contributed by atoms with Crippen LogP contribution < -0.4 is 15.4 Å². The second-order valence-corrected chi connectivity index (χ2v) is 7.14. The van der Waals surface area contributed by atoms with Crippen molar-refractivity contribution < 1.29 is 9.53 Å². The summed E-state index contributed by atoms with van der Waals surface area (Å²) in [7, 11) is 1.75. The lowest BCUT2D eigenvalue weighted by Gasteiger charge is -2.11. The third-order valence-corrected chi connectivity index (χ3v) is 4.81. The van der Waals surface area contributed by atoms with Crippen molar-refractivity contribution in [3.05, 3.63) is 83.0 Å². The van der Waals surface area contributed by atoms with Gasteiger partial charge in [0.15, 0.2) is 0 Å². The first-order valence-corrected chi connectivity index (χ1v) is 9.70. The van der Waals surface area contributed by atoms with Crippen LogP contribution in [0.25, 0.3) is 10.8 Å². The number of aromatic nitrogens is 2. The predicted octanol–water partition coefficient (Wildman–Crippen LogP) is 5.48. The third-order valence-electron chi connectivity index (χ3n) is 4.28. The first-order chi connectivity index (χ1) is 14.1. The molecule has 0 unspecified atom stereocenters. The van der Waals surface area contributed by atoms with Crippen LogP contribution in [0, 0.1) is 0 Å². The first kappa shape index (κ1) is 18.9. The Labute approximate surface area is 176 Å². The van der Waals surface area contributed by atoms with Crippen molar-refractivity contribution in [2.75, 3.05) is 17.7 Å². The number of nitrogens with one attached hydrogen (secondary N) is 2. The molecule has 2 N–H and O–H groups in total. The van der Waals surface area contributed by atoms with Gasteiger partial charge in [-0.25, -0.2) is 4.98 Å². The molecule has 0 atom stereocenters. The molecule has 0 saturated heterocycles. The van der Waals surface area contributed by atoms with E-state index in [2.05, 4.69) is 36.5 Å². The molecule has 4 aromatic rings. The normalized spacial score (nSPS) is 10.6. The van der Waals surface area contributed by atoms with E-state index in [9.17, 15) is 4.79 Å². The lowest BCUT2D eigenvalue weighted by Crippen LogP contribution is -2.11. The number of rotatable bonds is 5. The van der Waals surface area contributed by atoms with Gasteiger partial charge in [0.05, 0.1) is 0 Å². The minimum absolute atomic E-state index is 0.161. The number of benzene rings is 3. The van der Waals surface area contributed by atoms with Gasteiger partial charge in [-0.05, 0) is 53.9 Å². The average Bonchev–Trinajstić information content (AvgIpc) is 2.74. The summed E-state index contributed by atoms with van der Waals surface area (Å²) in [5, 5.41) is 7.72. The highest BCUT2D eigenvalue weighted by molar-refractivity contribution is 9.10. The summed E-state index contributed by atoms with van der Waals surface area (Å²) in [6.07, 6.45) is 1.63. The molecule has 1 amide bonds. The highest BCUT2D eigenvalue weighted by Crippen LogP contribution is 2.29. The number of carbonyl (C=O) groups excluding carboxylic acids is 1. The summed E-state index contributed by atoms with van der Waals surface area (Å²) in [6, 6.07) is 20.3. The summed E-state index contributed by atoms with van der Waals surface area (Å²) < 4.78 is 6.78. The van der Waals surface area contributed by atoms with E-state index in [1.165, 1.54) is 0 Å². The smallest absolute Gasteiger partial charge is 0.255 e. The molecule has 4 rings (SSSR count). The molecule has 1 aromatic heterocycles. The van der Waals surface area contributed by atoms with E-state index in [-0.39, 0.29) is 5.91 Å². The molecule has 1 heterocycles. The van der Waals surface area contributed by atoms with Crippen LogP contribution in [0.2, 0.25) is 0 Å². The number of carbonyl (C=O) groups is 1. The Morgan fingerprint density at radius 2 is 1.86 bits per heavy atom. The minimum atomic E-state index is -0.161. The van der Waals surface area contributed by atoms with Gasteiger partial charge in [0.25, 0.3) is 5.91 Å². The zero-order chi connectivity index (χ0) is 20.2. The second kappa shape index (κ2) is 8.28. The fourth-order valence-electron chi connectivity index (χ4n) is 2.87. The van der Waals surface area contributed by atoms with Crippen LogP contribution in [-0.4, -0.2) is 22.9 Å². The lowest BCUT2D eigenvalue weighted by atomic mass is 10.1. The van der Waals surface area contributed by atoms with E-state index in [1.807, 2.05) is 48.5 Å². The first-order valence-electron chi connectivity index (χ1n) is 8.91. The molecule has 0 aliphatic rings. The van der Waals surface area contributed by atoms with Gasteiger partial charge in [0, 0.05) is 40.4 Å². The maximum absolute atomic E-state index is 12.6. The SMILES string of the molecule is CNc1nccc(Oc2ccc3c(NC(=O)c4ccc(Br)cc4)cccc3c2)n1. The Bertz CT molecular complexity index is 1180. The average molecular weight is 449 g/mol. The summed E-state index contributed by atoms with van der Waals surface area (Å²) in [6.45, 7) is 0. The minimum Gasteiger partial charge on any atom is -0.439 e. The molecule has 0 radical (unpaired) electrons. The molecule has 0 spiro atoms. The van der Waals surface area contributed by atoms with Gasteiger partial charge in [-0.3, -0.25) is 4.79 Å². The quantitative estimate of drug-likeness (QED) is 0.422. The Balaban J connectivity index is 1.58. The van der Waals surface area contributed by atoms with E-state index in [1.54, 1.807) is 31.4 Å². The number of anilines is 2. The van der Waals surface area contributed by atoms with E-state index in [0.29, 0.717) is 23.1 Å². The van der Waals surface area contributed by atoms with Crippen LogP contribution in [0.15, 0.2) is 77.4 Å². The molecular formula is C22H17BrN4O2. The zero-order valence-corrected chi connectivity index (χ0v) is 17.1. The van der Waals surface area contributed by atoms with Crippen LogP contribution in [0.3, 0.4) is 0 Å². The molecule has 0 fully saturated rings. The largest absolute Gasteiger partial charge is 0.439 e. The van der Waals surface area contributed by atoms with Gasteiger partial charge in [-0.15, -0.1) is 0 Å². The Morgan fingerprint density at radius 3 is 2.66 bits per heavy atom. The Hall–Kier alpha value is -3.45. The van der Waals surface area contributed by atoms with Crippen molar-refractivity contribution in [2.24, 2.45) is 0 Å². The van der Waals surface area contributed by atoms with Crippen LogP contribution >= 0.6 is 15.9 Å². The van der Waals surface area contributed by atoms with Crippen molar-refractivity contribution in [2.45, 2.75) is 0 Å². The highest BCUT2D eigenvalue weighted by Gasteiger charge is 2.09. The molecule has 3 aromatic carbocycles. The van der Waals surface area contributed by atoms with E-state index in [0.717, 1.165) is 20.9 Å². The number of hydrogen-bond donors (Lipinski definition) is 2. The number of halogens is 1. The monoisotopic (exact) mass is 448 g/mol. The van der Waals surface area contributed by atoms with Gasteiger partial charge in [-0.1, -0.05) is 28.1 Å². The van der Waals surface area contributed by atoms with Gasteiger partial charge < -0.3 is 15.4 Å². The number of nitrogens with zero attached hydrogens (tertiary/aromatic N) is 2. The van der Waals surface area contributed by atoms with Crippen LogP contribution in [0.4, 0.5) is 11.6 Å². The topological polar surface area (TPSA) is 76.1 Å². The van der Waals surface area contributed by atoms with Crippen LogP contribution in [0.5, 0.6) is 11.6 Å². The summed E-state index contributed by atoms with van der Waals surface area (Å²) in [4.78, 5) is 20.9.